The molecule has 0 unspecified atom stereocenters. The third-order valence-electron chi connectivity index (χ3n) is 4.42. The molecule has 0 saturated carbocycles. The number of benzene rings is 3. The summed E-state index contributed by atoms with van der Waals surface area (Å²) in [5.74, 6) is -0.345. The molecule has 150 valence electrons. The van der Waals surface area contributed by atoms with Crippen molar-refractivity contribution >= 4 is 27.5 Å². The van der Waals surface area contributed by atoms with Crippen LogP contribution in [0.4, 0.5) is 0 Å². The van der Waals surface area contributed by atoms with Crippen LogP contribution in [0.5, 0.6) is 0 Å². The minimum absolute atomic E-state index is 0.0481. The number of hydrogen-bond donors (Lipinski definition) is 2. The van der Waals surface area contributed by atoms with E-state index in [2.05, 4.69) is 10.0 Å². The number of hydrogen-bond acceptors (Lipinski definition) is 3. The summed E-state index contributed by atoms with van der Waals surface area (Å²) in [6, 6.07) is 20.9. The molecular formula is C22H21ClN2O3S. The minimum atomic E-state index is -3.75. The molecule has 0 saturated heterocycles. The number of halogens is 1. The predicted octanol–water partition coefficient (Wildman–Crippen LogP) is 4.06. The van der Waals surface area contributed by atoms with Gasteiger partial charge in [-0.15, -0.1) is 0 Å². The van der Waals surface area contributed by atoms with Crippen molar-refractivity contribution in [2.24, 2.45) is 0 Å². The van der Waals surface area contributed by atoms with Crippen LogP contribution in [0.3, 0.4) is 0 Å². The number of carbonyl (C=O) groups excluding carboxylic acids is 1. The van der Waals surface area contributed by atoms with Crippen LogP contribution in [0.1, 0.15) is 27.0 Å². The summed E-state index contributed by atoms with van der Waals surface area (Å²) in [5.41, 5.74) is 2.71. The van der Waals surface area contributed by atoms with Crippen molar-refractivity contribution in [3.63, 3.8) is 0 Å². The van der Waals surface area contributed by atoms with Crippen LogP contribution in [0, 0.1) is 6.92 Å². The summed E-state index contributed by atoms with van der Waals surface area (Å²) in [6.07, 6.45) is 0. The van der Waals surface area contributed by atoms with Crippen LogP contribution in [-0.2, 0) is 23.1 Å². The van der Waals surface area contributed by atoms with Crippen molar-refractivity contribution in [1.29, 1.82) is 0 Å². The van der Waals surface area contributed by atoms with E-state index in [4.69, 9.17) is 11.6 Å². The lowest BCUT2D eigenvalue weighted by Gasteiger charge is -2.11. The first-order chi connectivity index (χ1) is 13.8. The summed E-state index contributed by atoms with van der Waals surface area (Å²) >= 11 is 5.96. The number of sulfonamides is 1. The average molecular weight is 429 g/mol. The van der Waals surface area contributed by atoms with Gasteiger partial charge in [-0.25, -0.2) is 13.1 Å². The Hall–Kier alpha value is -2.67. The maximum absolute atomic E-state index is 12.7. The summed E-state index contributed by atoms with van der Waals surface area (Å²) in [4.78, 5) is 12.7. The SMILES string of the molecule is Cc1ccc(S(=O)(=O)NCc2ccccc2)cc1C(=O)NCc1cccc(Cl)c1. The van der Waals surface area contributed by atoms with Gasteiger partial charge in [0.2, 0.25) is 10.0 Å². The van der Waals surface area contributed by atoms with E-state index in [0.717, 1.165) is 11.1 Å². The van der Waals surface area contributed by atoms with Crippen molar-refractivity contribution in [2.45, 2.75) is 24.9 Å². The monoisotopic (exact) mass is 428 g/mol. The third-order valence-corrected chi connectivity index (χ3v) is 6.05. The summed E-state index contributed by atoms with van der Waals surface area (Å²) in [5, 5.41) is 3.40. The Morgan fingerprint density at radius 1 is 0.897 bits per heavy atom. The lowest BCUT2D eigenvalue weighted by molar-refractivity contribution is 0.0950. The molecule has 0 aliphatic heterocycles. The lowest BCUT2D eigenvalue weighted by Crippen LogP contribution is -2.26. The second-order valence-corrected chi connectivity index (χ2v) is 8.80. The smallest absolute Gasteiger partial charge is 0.251 e. The van der Waals surface area contributed by atoms with E-state index in [9.17, 15) is 13.2 Å². The fourth-order valence-electron chi connectivity index (χ4n) is 2.79. The van der Waals surface area contributed by atoms with Gasteiger partial charge in [0.25, 0.3) is 5.91 Å². The molecule has 0 heterocycles. The van der Waals surface area contributed by atoms with Crippen LogP contribution < -0.4 is 10.0 Å². The average Bonchev–Trinajstić information content (AvgIpc) is 2.71. The Labute approximate surface area is 175 Å². The van der Waals surface area contributed by atoms with Crippen molar-refractivity contribution in [3.8, 4) is 0 Å². The van der Waals surface area contributed by atoms with Gasteiger partial charge in [-0.1, -0.05) is 60.1 Å². The Morgan fingerprint density at radius 3 is 2.34 bits per heavy atom. The van der Waals surface area contributed by atoms with E-state index >= 15 is 0 Å². The highest BCUT2D eigenvalue weighted by Crippen LogP contribution is 2.17. The first-order valence-corrected chi connectivity index (χ1v) is 10.9. The van der Waals surface area contributed by atoms with Gasteiger partial charge in [-0.2, -0.15) is 0 Å². The minimum Gasteiger partial charge on any atom is -0.348 e. The second kappa shape index (κ2) is 9.22. The van der Waals surface area contributed by atoms with Gasteiger partial charge in [-0.05, 0) is 47.9 Å². The van der Waals surface area contributed by atoms with Crippen LogP contribution in [0.2, 0.25) is 5.02 Å². The molecule has 0 spiro atoms. The zero-order valence-corrected chi connectivity index (χ0v) is 17.4. The number of aryl methyl sites for hydroxylation is 1. The zero-order chi connectivity index (χ0) is 20.9. The predicted molar refractivity (Wildman–Crippen MR) is 114 cm³/mol. The van der Waals surface area contributed by atoms with Gasteiger partial charge in [0.15, 0.2) is 0 Å². The fraction of sp³-hybridized carbons (Fsp3) is 0.136. The molecule has 5 nitrogen and oxygen atoms in total. The van der Waals surface area contributed by atoms with E-state index in [-0.39, 0.29) is 17.3 Å². The van der Waals surface area contributed by atoms with Crippen molar-refractivity contribution in [1.82, 2.24) is 10.0 Å². The van der Waals surface area contributed by atoms with Gasteiger partial charge in [0, 0.05) is 23.7 Å². The third kappa shape index (κ3) is 5.67. The fourth-order valence-corrected chi connectivity index (χ4v) is 4.05. The summed E-state index contributed by atoms with van der Waals surface area (Å²) in [7, 11) is -3.75. The Kier molecular flexibility index (Phi) is 6.69. The number of carbonyl (C=O) groups is 1. The molecule has 7 heteroatoms. The number of rotatable bonds is 7. The van der Waals surface area contributed by atoms with Crippen molar-refractivity contribution in [3.05, 3.63) is 100 Å². The van der Waals surface area contributed by atoms with Gasteiger partial charge < -0.3 is 5.32 Å². The van der Waals surface area contributed by atoms with E-state index < -0.39 is 10.0 Å². The molecule has 0 atom stereocenters. The topological polar surface area (TPSA) is 75.3 Å². The zero-order valence-electron chi connectivity index (χ0n) is 15.9. The highest BCUT2D eigenvalue weighted by atomic mass is 35.5. The van der Waals surface area contributed by atoms with Crippen LogP contribution in [0.15, 0.2) is 77.7 Å². The highest BCUT2D eigenvalue weighted by molar-refractivity contribution is 7.89. The van der Waals surface area contributed by atoms with E-state index in [0.29, 0.717) is 22.7 Å². The molecule has 0 fully saturated rings. The molecular weight excluding hydrogens is 408 g/mol. The molecule has 0 radical (unpaired) electrons. The first kappa shape index (κ1) is 21.0. The Bertz CT molecular complexity index is 1120. The molecule has 3 rings (SSSR count). The standard InChI is InChI=1S/C22H21ClN2O3S/c1-16-10-11-20(29(27,28)25-15-17-6-3-2-4-7-17)13-21(16)22(26)24-14-18-8-5-9-19(23)12-18/h2-13,25H,14-15H2,1H3,(H,24,26). The molecule has 0 aliphatic rings. The maximum atomic E-state index is 12.7. The molecule has 2 N–H and O–H groups in total. The normalized spacial score (nSPS) is 11.2. The molecule has 29 heavy (non-hydrogen) atoms. The number of amides is 1. The van der Waals surface area contributed by atoms with Gasteiger partial charge in [-0.3, -0.25) is 4.79 Å². The second-order valence-electron chi connectivity index (χ2n) is 6.60. The van der Waals surface area contributed by atoms with Crippen molar-refractivity contribution < 1.29 is 13.2 Å². The molecule has 1 amide bonds. The van der Waals surface area contributed by atoms with Gasteiger partial charge in [0.1, 0.15) is 0 Å². The van der Waals surface area contributed by atoms with E-state index in [1.165, 1.54) is 12.1 Å². The lowest BCUT2D eigenvalue weighted by atomic mass is 10.1. The molecule has 0 aliphatic carbocycles. The molecule has 3 aromatic rings. The summed E-state index contributed by atoms with van der Waals surface area (Å²) < 4.78 is 27.9. The Balaban J connectivity index is 1.73. The summed E-state index contributed by atoms with van der Waals surface area (Å²) in [6.45, 7) is 2.23. The number of nitrogens with one attached hydrogen (secondary N) is 2. The van der Waals surface area contributed by atoms with Crippen molar-refractivity contribution in [2.75, 3.05) is 0 Å². The molecule has 0 aromatic heterocycles. The highest BCUT2D eigenvalue weighted by Gasteiger charge is 2.18. The van der Waals surface area contributed by atoms with E-state index in [1.54, 1.807) is 31.2 Å². The van der Waals surface area contributed by atoms with Gasteiger partial charge >= 0.3 is 0 Å². The maximum Gasteiger partial charge on any atom is 0.251 e. The Morgan fingerprint density at radius 2 is 1.62 bits per heavy atom. The van der Waals surface area contributed by atoms with E-state index in [1.807, 2.05) is 36.4 Å². The largest absolute Gasteiger partial charge is 0.348 e. The molecule has 3 aromatic carbocycles. The molecule has 0 bridgehead atoms. The first-order valence-electron chi connectivity index (χ1n) is 9.02. The van der Waals surface area contributed by atoms with Crippen LogP contribution >= 0.6 is 11.6 Å². The quantitative estimate of drug-likeness (QED) is 0.596. The van der Waals surface area contributed by atoms with Crippen LogP contribution in [-0.4, -0.2) is 14.3 Å². The van der Waals surface area contributed by atoms with Gasteiger partial charge in [0.05, 0.1) is 4.90 Å². The van der Waals surface area contributed by atoms with Crippen LogP contribution in [0.25, 0.3) is 0 Å².